The second-order valence-corrected chi connectivity index (χ2v) is 6.40. The predicted molar refractivity (Wildman–Crippen MR) is 103 cm³/mol. The van der Waals surface area contributed by atoms with Crippen molar-refractivity contribution >= 4 is 39.7 Å². The van der Waals surface area contributed by atoms with Gasteiger partial charge >= 0.3 is 0 Å². The number of carbonyl (C=O) groups is 1. The van der Waals surface area contributed by atoms with E-state index < -0.39 is 0 Å². The van der Waals surface area contributed by atoms with E-state index in [0.717, 1.165) is 15.6 Å². The van der Waals surface area contributed by atoms with Gasteiger partial charge in [-0.3, -0.25) is 4.79 Å². The lowest BCUT2D eigenvalue weighted by Gasteiger charge is -2.11. The highest BCUT2D eigenvalue weighted by Gasteiger charge is 2.11. The number of halogens is 2. The zero-order valence-corrected chi connectivity index (χ0v) is 16.4. The van der Waals surface area contributed by atoms with Crippen LogP contribution in [-0.4, -0.2) is 25.8 Å². The largest absolute Gasteiger partial charge is 0.493 e. The molecule has 0 aliphatic rings. The molecular formula is C18H18BrClN2O3. The number of amides is 1. The Hall–Kier alpha value is -2.05. The van der Waals surface area contributed by atoms with Gasteiger partial charge in [-0.15, -0.1) is 0 Å². The third-order valence-electron chi connectivity index (χ3n) is 3.32. The Morgan fingerprint density at radius 2 is 2.08 bits per heavy atom. The van der Waals surface area contributed by atoms with Crippen LogP contribution in [-0.2, 0) is 0 Å². The molecule has 25 heavy (non-hydrogen) atoms. The molecule has 1 N–H and O–H groups in total. The van der Waals surface area contributed by atoms with E-state index in [0.29, 0.717) is 28.7 Å². The van der Waals surface area contributed by atoms with Crippen LogP contribution < -0.4 is 14.9 Å². The Morgan fingerprint density at radius 1 is 1.32 bits per heavy atom. The highest BCUT2D eigenvalue weighted by molar-refractivity contribution is 9.10. The minimum atomic E-state index is -0.379. The molecule has 7 heteroatoms. The van der Waals surface area contributed by atoms with Crippen molar-refractivity contribution in [1.29, 1.82) is 0 Å². The zero-order valence-electron chi connectivity index (χ0n) is 14.1. The molecule has 0 atom stereocenters. The van der Waals surface area contributed by atoms with Crippen molar-refractivity contribution in [2.75, 3.05) is 13.7 Å². The minimum absolute atomic E-state index is 0.369. The van der Waals surface area contributed by atoms with Crippen molar-refractivity contribution in [3.8, 4) is 11.5 Å². The lowest BCUT2D eigenvalue weighted by atomic mass is 10.1. The number of aryl methyl sites for hydroxylation is 1. The fourth-order valence-electron chi connectivity index (χ4n) is 2.10. The summed E-state index contributed by atoms with van der Waals surface area (Å²) >= 11 is 9.53. The number of nitrogens with zero attached hydrogens (tertiary/aromatic N) is 1. The number of hydrogen-bond acceptors (Lipinski definition) is 4. The number of rotatable bonds is 6. The maximum absolute atomic E-state index is 12.2. The molecule has 0 spiro atoms. The monoisotopic (exact) mass is 424 g/mol. The molecule has 1 amide bonds. The molecule has 2 aromatic rings. The van der Waals surface area contributed by atoms with E-state index in [-0.39, 0.29) is 5.91 Å². The molecule has 0 unspecified atom stereocenters. The highest BCUT2D eigenvalue weighted by atomic mass is 79.9. The van der Waals surface area contributed by atoms with Crippen LogP contribution in [0, 0.1) is 6.92 Å². The summed E-state index contributed by atoms with van der Waals surface area (Å²) in [5.41, 5.74) is 4.55. The number of benzene rings is 2. The van der Waals surface area contributed by atoms with Crippen LogP contribution in [0.15, 0.2) is 39.9 Å². The first kappa shape index (κ1) is 19.3. The first-order chi connectivity index (χ1) is 12.0. The van der Waals surface area contributed by atoms with Crippen LogP contribution in [0.3, 0.4) is 0 Å². The van der Waals surface area contributed by atoms with Gasteiger partial charge in [0.1, 0.15) is 0 Å². The Kier molecular flexibility index (Phi) is 6.84. The van der Waals surface area contributed by atoms with Crippen molar-refractivity contribution in [3.05, 3.63) is 56.5 Å². The first-order valence-corrected chi connectivity index (χ1v) is 8.73. The standard InChI is InChI=1S/C18H18BrClN2O3/c1-4-25-17-8-12(14(19)9-16(17)24-3)10-21-22-18(23)13-6-5-11(2)7-15(13)20/h5-10H,4H2,1-3H3,(H,22,23)/b21-10-. The molecule has 0 bridgehead atoms. The Balaban J connectivity index is 2.16. The molecule has 132 valence electrons. The Labute approximate surface area is 160 Å². The van der Waals surface area contributed by atoms with Crippen molar-refractivity contribution in [2.45, 2.75) is 13.8 Å². The molecule has 0 fully saturated rings. The van der Waals surface area contributed by atoms with E-state index in [4.69, 9.17) is 21.1 Å². The first-order valence-electron chi connectivity index (χ1n) is 7.56. The molecule has 2 aromatic carbocycles. The maximum Gasteiger partial charge on any atom is 0.272 e. The topological polar surface area (TPSA) is 59.9 Å². The van der Waals surface area contributed by atoms with Crippen molar-refractivity contribution < 1.29 is 14.3 Å². The second kappa shape index (κ2) is 8.87. The third-order valence-corrected chi connectivity index (χ3v) is 4.32. The van der Waals surface area contributed by atoms with Crippen LogP contribution in [0.25, 0.3) is 0 Å². The molecule has 0 aliphatic carbocycles. The van der Waals surface area contributed by atoms with E-state index >= 15 is 0 Å². The van der Waals surface area contributed by atoms with E-state index in [1.165, 1.54) is 6.21 Å². The van der Waals surface area contributed by atoms with Crippen LogP contribution >= 0.6 is 27.5 Å². The lowest BCUT2D eigenvalue weighted by molar-refractivity contribution is 0.0955. The summed E-state index contributed by atoms with van der Waals surface area (Å²) in [6.45, 7) is 4.31. The fraction of sp³-hybridized carbons (Fsp3) is 0.222. The summed E-state index contributed by atoms with van der Waals surface area (Å²) < 4.78 is 11.6. The lowest BCUT2D eigenvalue weighted by Crippen LogP contribution is -2.18. The van der Waals surface area contributed by atoms with E-state index in [1.807, 2.05) is 19.9 Å². The average molecular weight is 426 g/mol. The summed E-state index contributed by atoms with van der Waals surface area (Å²) in [6, 6.07) is 8.78. The van der Waals surface area contributed by atoms with Crippen LogP contribution in [0.1, 0.15) is 28.4 Å². The minimum Gasteiger partial charge on any atom is -0.493 e. The molecule has 0 saturated carbocycles. The molecule has 5 nitrogen and oxygen atoms in total. The van der Waals surface area contributed by atoms with Gasteiger partial charge in [-0.2, -0.15) is 5.10 Å². The molecule has 2 rings (SSSR count). The van der Waals surface area contributed by atoms with Gasteiger partial charge in [0, 0.05) is 10.0 Å². The van der Waals surface area contributed by atoms with Gasteiger partial charge in [0.05, 0.1) is 30.5 Å². The van der Waals surface area contributed by atoms with Crippen molar-refractivity contribution in [2.24, 2.45) is 5.10 Å². The van der Waals surface area contributed by atoms with Gasteiger partial charge in [-0.1, -0.05) is 17.7 Å². The maximum atomic E-state index is 12.2. The zero-order chi connectivity index (χ0) is 18.4. The average Bonchev–Trinajstić information content (AvgIpc) is 2.57. The smallest absolute Gasteiger partial charge is 0.272 e. The fourth-order valence-corrected chi connectivity index (χ4v) is 2.85. The quantitative estimate of drug-likeness (QED) is 0.544. The number of nitrogens with one attached hydrogen (secondary N) is 1. The van der Waals surface area contributed by atoms with Gasteiger partial charge in [-0.05, 0) is 59.6 Å². The Morgan fingerprint density at radius 3 is 2.72 bits per heavy atom. The number of hydrazone groups is 1. The molecule has 0 radical (unpaired) electrons. The predicted octanol–water partition coefficient (Wildman–Crippen LogP) is 4.58. The Bertz CT molecular complexity index is 809. The van der Waals surface area contributed by atoms with Crippen LogP contribution in [0.5, 0.6) is 11.5 Å². The normalized spacial score (nSPS) is 10.8. The van der Waals surface area contributed by atoms with Crippen LogP contribution in [0.4, 0.5) is 0 Å². The van der Waals surface area contributed by atoms with E-state index in [1.54, 1.807) is 31.4 Å². The molecule has 0 saturated heterocycles. The molecule has 0 heterocycles. The number of ether oxygens (including phenoxy) is 2. The summed E-state index contributed by atoms with van der Waals surface area (Å²) in [7, 11) is 1.57. The van der Waals surface area contributed by atoms with Gasteiger partial charge in [0.15, 0.2) is 11.5 Å². The summed E-state index contributed by atoms with van der Waals surface area (Å²) in [6.07, 6.45) is 1.52. The molecule has 0 aromatic heterocycles. The molecular weight excluding hydrogens is 408 g/mol. The van der Waals surface area contributed by atoms with Gasteiger partial charge in [0.2, 0.25) is 0 Å². The molecule has 0 aliphatic heterocycles. The van der Waals surface area contributed by atoms with E-state index in [2.05, 4.69) is 26.5 Å². The van der Waals surface area contributed by atoms with Gasteiger partial charge < -0.3 is 9.47 Å². The van der Waals surface area contributed by atoms with Crippen molar-refractivity contribution in [3.63, 3.8) is 0 Å². The second-order valence-electron chi connectivity index (χ2n) is 5.14. The van der Waals surface area contributed by atoms with Gasteiger partial charge in [0.25, 0.3) is 5.91 Å². The highest BCUT2D eigenvalue weighted by Crippen LogP contribution is 2.32. The van der Waals surface area contributed by atoms with E-state index in [9.17, 15) is 4.79 Å². The number of hydrogen-bond donors (Lipinski definition) is 1. The van der Waals surface area contributed by atoms with Crippen LogP contribution in [0.2, 0.25) is 5.02 Å². The van der Waals surface area contributed by atoms with Crippen molar-refractivity contribution in [1.82, 2.24) is 5.43 Å². The SMILES string of the molecule is CCOc1cc(/C=N\NC(=O)c2ccc(C)cc2Cl)c(Br)cc1OC. The number of methoxy groups -OCH3 is 1. The van der Waals surface area contributed by atoms with Gasteiger partial charge in [-0.25, -0.2) is 5.43 Å². The number of carbonyl (C=O) groups excluding carboxylic acids is 1. The summed E-state index contributed by atoms with van der Waals surface area (Å²) in [5, 5.41) is 4.38. The summed E-state index contributed by atoms with van der Waals surface area (Å²) in [5.74, 6) is 0.833. The summed E-state index contributed by atoms with van der Waals surface area (Å²) in [4.78, 5) is 12.2. The third kappa shape index (κ3) is 4.96.